The van der Waals surface area contributed by atoms with Crippen molar-refractivity contribution in [1.82, 2.24) is 13.9 Å². The number of thiophene rings is 1. The first-order valence-electron chi connectivity index (χ1n) is 8.74. The van der Waals surface area contributed by atoms with E-state index in [2.05, 4.69) is 10.3 Å². The lowest BCUT2D eigenvalue weighted by Crippen LogP contribution is -2.28. The zero-order valence-electron chi connectivity index (χ0n) is 15.6. The standard InChI is InChI=1S/C18H22N4O4S2/c1-3-22(4-2)28(25,26)14-7-5-13(6-8-14)20-16(23)11-21-12-19-15-9-10-27-17(15)18(21)24/h5-10,12,25-26H,3-4,11H2,1-2H3,(H,20,23)/p+1. The summed E-state index contributed by atoms with van der Waals surface area (Å²) in [5.74, 6) is -0.357. The summed E-state index contributed by atoms with van der Waals surface area (Å²) in [7, 11) is -2.80. The molecule has 0 aliphatic heterocycles. The maximum absolute atomic E-state index is 12.4. The molecule has 3 rings (SSSR count). The number of rotatable bonds is 7. The predicted molar refractivity (Wildman–Crippen MR) is 114 cm³/mol. The molecule has 28 heavy (non-hydrogen) atoms. The van der Waals surface area contributed by atoms with Crippen molar-refractivity contribution >= 4 is 43.9 Å². The summed E-state index contributed by atoms with van der Waals surface area (Å²) in [5, 5.41) is 4.52. The number of carbonyl (C=O) groups excluding carboxylic acids is 1. The van der Waals surface area contributed by atoms with Crippen molar-refractivity contribution in [2.45, 2.75) is 25.3 Å². The summed E-state index contributed by atoms with van der Waals surface area (Å²) in [6, 6.07) is 8.34. The summed E-state index contributed by atoms with van der Waals surface area (Å²) < 4.78 is 22.3. The van der Waals surface area contributed by atoms with E-state index in [9.17, 15) is 14.1 Å². The number of nitrogens with one attached hydrogen (secondary N) is 1. The largest absolute Gasteiger partial charge is 0.325 e. The van der Waals surface area contributed by atoms with Gasteiger partial charge in [-0.1, -0.05) is 13.8 Å². The predicted octanol–water partition coefficient (Wildman–Crippen LogP) is 2.63. The van der Waals surface area contributed by atoms with Gasteiger partial charge < -0.3 is 9.87 Å². The van der Waals surface area contributed by atoms with Crippen LogP contribution < -0.4 is 10.9 Å². The average Bonchev–Trinajstić information content (AvgIpc) is 3.15. The van der Waals surface area contributed by atoms with Crippen LogP contribution in [0, 0.1) is 0 Å². The van der Waals surface area contributed by atoms with Crippen LogP contribution in [0.3, 0.4) is 0 Å². The van der Waals surface area contributed by atoms with Gasteiger partial charge in [-0.15, -0.1) is 11.3 Å². The zero-order chi connectivity index (χ0) is 20.3. The molecular weight excluding hydrogens is 400 g/mol. The van der Waals surface area contributed by atoms with Crippen molar-refractivity contribution in [2.24, 2.45) is 0 Å². The molecule has 0 saturated heterocycles. The Morgan fingerprint density at radius 2 is 1.96 bits per heavy atom. The minimum absolute atomic E-state index is 0.144. The van der Waals surface area contributed by atoms with E-state index in [1.165, 1.54) is 22.2 Å². The number of amides is 1. The Kier molecular flexibility index (Phi) is 6.16. The molecule has 1 aromatic carbocycles. The topological polar surface area (TPSA) is 110 Å². The Bertz CT molecular complexity index is 1030. The maximum atomic E-state index is 12.4. The highest BCUT2D eigenvalue weighted by molar-refractivity contribution is 8.22. The number of hydrogen-bond acceptors (Lipinski definition) is 6. The second-order valence-corrected chi connectivity index (χ2v) is 9.05. The Labute approximate surface area is 167 Å². The molecule has 150 valence electrons. The van der Waals surface area contributed by atoms with E-state index in [0.29, 0.717) is 33.9 Å². The molecule has 0 spiro atoms. The lowest BCUT2D eigenvalue weighted by molar-refractivity contribution is -0.116. The molecule has 8 nitrogen and oxygen atoms in total. The molecule has 0 radical (unpaired) electrons. The van der Waals surface area contributed by atoms with Gasteiger partial charge in [0.15, 0.2) is 0 Å². The Morgan fingerprint density at radius 1 is 1.29 bits per heavy atom. The molecule has 1 amide bonds. The van der Waals surface area contributed by atoms with Gasteiger partial charge in [0.25, 0.3) is 5.56 Å². The Morgan fingerprint density at radius 3 is 2.61 bits per heavy atom. The Balaban J connectivity index is 1.70. The van der Waals surface area contributed by atoms with E-state index in [1.807, 2.05) is 13.8 Å². The van der Waals surface area contributed by atoms with Gasteiger partial charge in [0.05, 0.1) is 11.8 Å². The molecule has 0 saturated carbocycles. The molecule has 1 unspecified atom stereocenters. The number of benzene rings is 1. The molecule has 10 heteroatoms. The van der Waals surface area contributed by atoms with Crippen LogP contribution in [0.5, 0.6) is 0 Å². The summed E-state index contributed by atoms with van der Waals surface area (Å²) in [5.41, 5.74) is 0.912. The first-order valence-corrected chi connectivity index (χ1v) is 11.2. The molecule has 2 aromatic heterocycles. The third kappa shape index (κ3) is 4.10. The molecule has 0 aliphatic rings. The van der Waals surface area contributed by atoms with Crippen LogP contribution in [0.15, 0.2) is 51.7 Å². The number of aromatic nitrogens is 2. The van der Waals surface area contributed by atoms with Gasteiger partial charge in [-0.3, -0.25) is 14.2 Å². The highest BCUT2D eigenvalue weighted by atomic mass is 32.3. The van der Waals surface area contributed by atoms with Crippen LogP contribution in [-0.2, 0) is 11.3 Å². The average molecular weight is 424 g/mol. The lowest BCUT2D eigenvalue weighted by Gasteiger charge is -2.37. The van der Waals surface area contributed by atoms with Crippen LogP contribution in [0.4, 0.5) is 5.69 Å². The Hall–Kier alpha value is -2.24. The molecule has 3 aromatic rings. The van der Waals surface area contributed by atoms with Crippen molar-refractivity contribution in [2.75, 3.05) is 18.4 Å². The van der Waals surface area contributed by atoms with E-state index in [-0.39, 0.29) is 18.0 Å². The number of nitrogens with zero attached hydrogens (tertiary/aromatic N) is 3. The van der Waals surface area contributed by atoms with Crippen molar-refractivity contribution in [3.63, 3.8) is 0 Å². The number of anilines is 1. The molecule has 4 N–H and O–H groups in total. The first kappa shape index (κ1) is 20.5. The van der Waals surface area contributed by atoms with Crippen molar-refractivity contribution in [3.05, 3.63) is 52.4 Å². The van der Waals surface area contributed by atoms with Crippen LogP contribution >= 0.6 is 22.1 Å². The third-order valence-electron chi connectivity index (χ3n) is 4.30. The molecule has 1 atom stereocenters. The monoisotopic (exact) mass is 423 g/mol. The molecule has 0 aliphatic carbocycles. The number of fused-ring (bicyclic) bond motifs is 1. The normalized spacial score (nSPS) is 14.8. The smallest absolute Gasteiger partial charge is 0.271 e. The third-order valence-corrected chi connectivity index (χ3v) is 7.38. The number of hydrogen-bond donors (Lipinski definition) is 2. The van der Waals surface area contributed by atoms with Gasteiger partial charge in [-0.2, -0.15) is 4.31 Å². The van der Waals surface area contributed by atoms with E-state index >= 15 is 0 Å². The minimum atomic E-state index is -2.80. The van der Waals surface area contributed by atoms with E-state index < -0.39 is 10.8 Å². The van der Waals surface area contributed by atoms with E-state index in [1.54, 1.807) is 40.0 Å². The lowest BCUT2D eigenvalue weighted by atomic mass is 10.3. The van der Waals surface area contributed by atoms with Crippen molar-refractivity contribution < 1.29 is 13.9 Å². The second-order valence-electron chi connectivity index (χ2n) is 6.05. The fourth-order valence-electron chi connectivity index (χ4n) is 2.82. The fourth-order valence-corrected chi connectivity index (χ4v) is 5.17. The van der Waals surface area contributed by atoms with Crippen molar-refractivity contribution in [1.29, 1.82) is 0 Å². The summed E-state index contributed by atoms with van der Waals surface area (Å²) in [6.07, 6.45) is 1.37. The molecule has 2 heterocycles. The van der Waals surface area contributed by atoms with Gasteiger partial charge in [-0.25, -0.2) is 9.54 Å². The van der Waals surface area contributed by atoms with Crippen LogP contribution in [0.2, 0.25) is 0 Å². The van der Waals surface area contributed by atoms with E-state index in [0.717, 1.165) is 0 Å². The van der Waals surface area contributed by atoms with Gasteiger partial charge in [0.2, 0.25) is 5.91 Å². The first-order chi connectivity index (χ1) is 13.4. The molecular formula is C18H23N4O4S2+. The highest BCUT2D eigenvalue weighted by Crippen LogP contribution is 2.51. The number of carbonyl (C=O) groups is 1. The highest BCUT2D eigenvalue weighted by Gasteiger charge is 2.26. The van der Waals surface area contributed by atoms with E-state index in [4.69, 9.17) is 4.55 Å². The van der Waals surface area contributed by atoms with Gasteiger partial charge in [0, 0.05) is 18.8 Å². The zero-order valence-corrected chi connectivity index (χ0v) is 17.2. The van der Waals surface area contributed by atoms with Crippen molar-refractivity contribution in [3.8, 4) is 0 Å². The van der Waals surface area contributed by atoms with Crippen LogP contribution in [0.1, 0.15) is 13.8 Å². The molecule has 0 bridgehead atoms. The minimum Gasteiger partial charge on any atom is -0.325 e. The van der Waals surface area contributed by atoms with Gasteiger partial charge in [-0.05, 0) is 46.5 Å². The second kappa shape index (κ2) is 8.41. The SMILES string of the molecule is CCN(CC)S(O)([OH2+])c1ccc(NC(=O)Cn2cnc3ccsc3c2=O)cc1. The molecule has 0 fully saturated rings. The van der Waals surface area contributed by atoms with Crippen LogP contribution in [-0.4, -0.2) is 42.0 Å². The fraction of sp³-hybridized carbons (Fsp3) is 0.278. The van der Waals surface area contributed by atoms with Crippen LogP contribution in [0.25, 0.3) is 10.2 Å². The maximum Gasteiger partial charge on any atom is 0.271 e. The summed E-state index contributed by atoms with van der Waals surface area (Å²) >= 11 is 1.30. The van der Waals surface area contributed by atoms with Gasteiger partial charge >= 0.3 is 0 Å². The quantitative estimate of drug-likeness (QED) is 0.568. The summed E-state index contributed by atoms with van der Waals surface area (Å²) in [6.45, 7) is 4.79. The van der Waals surface area contributed by atoms with Gasteiger partial charge in [0.1, 0.15) is 16.1 Å². The summed E-state index contributed by atoms with van der Waals surface area (Å²) in [4.78, 5) is 29.3.